The summed E-state index contributed by atoms with van der Waals surface area (Å²) in [6.07, 6.45) is 0. The van der Waals surface area contributed by atoms with Gasteiger partial charge in [0.2, 0.25) is 0 Å². The lowest BCUT2D eigenvalue weighted by Gasteiger charge is -2.47. The Hall–Kier alpha value is -1.57. The molecule has 0 bridgehead atoms. The molecule has 1 aliphatic heterocycles. The number of benzene rings is 1. The molecule has 0 atom stereocenters. The summed E-state index contributed by atoms with van der Waals surface area (Å²) in [4.78, 5) is 2.39. The summed E-state index contributed by atoms with van der Waals surface area (Å²) in [6.45, 7) is 11.1. The highest BCUT2D eigenvalue weighted by atomic mass is 16.5. The minimum absolute atomic E-state index is 0.154. The van der Waals surface area contributed by atoms with Gasteiger partial charge in [-0.3, -0.25) is 4.90 Å². The number of ether oxygens (including phenoxy) is 2. The Balaban J connectivity index is 2.16. The van der Waals surface area contributed by atoms with Crippen molar-refractivity contribution in [2.75, 3.05) is 20.2 Å². The van der Waals surface area contributed by atoms with E-state index in [2.05, 4.69) is 38.7 Å². The number of hydrogen-bond donors (Lipinski definition) is 0. The quantitative estimate of drug-likeness (QED) is 0.858. The molecule has 0 spiro atoms. The first-order valence-corrected chi connectivity index (χ1v) is 7.24. The number of nitriles is 1. The van der Waals surface area contributed by atoms with Crippen LogP contribution in [0.25, 0.3) is 0 Å². The third-order valence-electron chi connectivity index (χ3n) is 3.55. The summed E-state index contributed by atoms with van der Waals surface area (Å²) in [5.41, 5.74) is 1.42. The van der Waals surface area contributed by atoms with Crippen LogP contribution in [0.5, 0.6) is 5.75 Å². The van der Waals surface area contributed by atoms with E-state index < -0.39 is 0 Å². The SMILES string of the molecule is COc1cc(CN2CC(C)(C)OC(C)(C)C2)ccc1C#N. The lowest BCUT2D eigenvalue weighted by molar-refractivity contribution is -0.182. The molecule has 0 N–H and O–H groups in total. The molecule has 1 fully saturated rings. The van der Waals surface area contributed by atoms with Gasteiger partial charge in [0.1, 0.15) is 11.8 Å². The molecule has 4 heteroatoms. The first-order valence-electron chi connectivity index (χ1n) is 7.24. The van der Waals surface area contributed by atoms with Crippen LogP contribution in [0.15, 0.2) is 18.2 Å². The summed E-state index contributed by atoms with van der Waals surface area (Å²) in [5, 5.41) is 9.04. The molecule has 1 saturated heterocycles. The van der Waals surface area contributed by atoms with Crippen molar-refractivity contribution in [3.63, 3.8) is 0 Å². The van der Waals surface area contributed by atoms with Crippen LogP contribution in [0, 0.1) is 11.3 Å². The minimum Gasteiger partial charge on any atom is -0.495 e. The molecule has 0 radical (unpaired) electrons. The average Bonchev–Trinajstić information content (AvgIpc) is 2.34. The Morgan fingerprint density at radius 1 is 1.24 bits per heavy atom. The lowest BCUT2D eigenvalue weighted by Crippen LogP contribution is -2.56. The molecule has 0 aromatic heterocycles. The highest BCUT2D eigenvalue weighted by Gasteiger charge is 2.37. The normalized spacial score (nSPS) is 20.8. The van der Waals surface area contributed by atoms with Crippen molar-refractivity contribution in [3.8, 4) is 11.8 Å². The van der Waals surface area contributed by atoms with Gasteiger partial charge in [-0.1, -0.05) is 6.07 Å². The third-order valence-corrected chi connectivity index (χ3v) is 3.55. The Bertz CT molecular complexity index is 542. The maximum Gasteiger partial charge on any atom is 0.136 e. The highest BCUT2D eigenvalue weighted by Crippen LogP contribution is 2.29. The fourth-order valence-corrected chi connectivity index (χ4v) is 3.24. The highest BCUT2D eigenvalue weighted by molar-refractivity contribution is 5.45. The van der Waals surface area contributed by atoms with Crippen LogP contribution in [-0.2, 0) is 11.3 Å². The summed E-state index contributed by atoms with van der Waals surface area (Å²) < 4.78 is 11.4. The van der Waals surface area contributed by atoms with Gasteiger partial charge < -0.3 is 9.47 Å². The Labute approximate surface area is 127 Å². The van der Waals surface area contributed by atoms with Crippen molar-refractivity contribution < 1.29 is 9.47 Å². The van der Waals surface area contributed by atoms with Gasteiger partial charge >= 0.3 is 0 Å². The molecule has 1 heterocycles. The first-order chi connectivity index (χ1) is 9.74. The van der Waals surface area contributed by atoms with Gasteiger partial charge in [0.05, 0.1) is 23.9 Å². The predicted octanol–water partition coefficient (Wildman–Crippen LogP) is 2.96. The van der Waals surface area contributed by atoms with E-state index in [1.807, 2.05) is 18.2 Å². The molecular formula is C17H24N2O2. The zero-order valence-corrected chi connectivity index (χ0v) is 13.6. The van der Waals surface area contributed by atoms with Crippen LogP contribution in [-0.4, -0.2) is 36.3 Å². The van der Waals surface area contributed by atoms with Crippen LogP contribution in [0.2, 0.25) is 0 Å². The summed E-state index contributed by atoms with van der Waals surface area (Å²) in [7, 11) is 1.60. The van der Waals surface area contributed by atoms with E-state index in [0.29, 0.717) is 11.3 Å². The van der Waals surface area contributed by atoms with E-state index in [0.717, 1.165) is 25.2 Å². The fraction of sp³-hybridized carbons (Fsp3) is 0.588. The van der Waals surface area contributed by atoms with Gasteiger partial charge in [-0.25, -0.2) is 0 Å². The van der Waals surface area contributed by atoms with Crippen LogP contribution in [0.1, 0.15) is 38.8 Å². The van der Waals surface area contributed by atoms with Crippen LogP contribution < -0.4 is 4.74 Å². The zero-order chi connectivity index (χ0) is 15.7. The second kappa shape index (κ2) is 5.67. The first kappa shape index (κ1) is 15.8. The van der Waals surface area contributed by atoms with Gasteiger partial charge in [-0.05, 0) is 45.4 Å². The second-order valence-electron chi connectivity index (χ2n) is 6.91. The van der Waals surface area contributed by atoms with Crippen molar-refractivity contribution in [3.05, 3.63) is 29.3 Å². The van der Waals surface area contributed by atoms with Crippen LogP contribution in [0.4, 0.5) is 0 Å². The molecule has 21 heavy (non-hydrogen) atoms. The molecule has 0 unspecified atom stereocenters. The van der Waals surface area contributed by atoms with E-state index >= 15 is 0 Å². The number of nitrogens with zero attached hydrogens (tertiary/aromatic N) is 2. The molecule has 0 saturated carbocycles. The summed E-state index contributed by atoms with van der Waals surface area (Å²) in [5.74, 6) is 0.641. The molecule has 0 amide bonds. The molecule has 0 aliphatic carbocycles. The van der Waals surface area contributed by atoms with E-state index in [1.165, 1.54) is 0 Å². The van der Waals surface area contributed by atoms with E-state index in [1.54, 1.807) is 7.11 Å². The summed E-state index contributed by atoms with van der Waals surface area (Å²) in [6, 6.07) is 7.92. The molecule has 4 nitrogen and oxygen atoms in total. The Morgan fingerprint density at radius 3 is 2.38 bits per heavy atom. The zero-order valence-electron chi connectivity index (χ0n) is 13.6. The lowest BCUT2D eigenvalue weighted by atomic mass is 9.98. The molecular weight excluding hydrogens is 264 g/mol. The molecule has 1 aromatic rings. The third kappa shape index (κ3) is 3.96. The number of hydrogen-bond acceptors (Lipinski definition) is 4. The van der Waals surface area contributed by atoms with Gasteiger partial charge in [-0.15, -0.1) is 0 Å². The number of methoxy groups -OCH3 is 1. The maximum atomic E-state index is 9.04. The van der Waals surface area contributed by atoms with Crippen LogP contribution >= 0.6 is 0 Å². The van der Waals surface area contributed by atoms with Crippen molar-refractivity contribution in [1.29, 1.82) is 5.26 Å². The fourth-order valence-electron chi connectivity index (χ4n) is 3.24. The second-order valence-corrected chi connectivity index (χ2v) is 6.91. The monoisotopic (exact) mass is 288 g/mol. The molecule has 114 valence electrons. The van der Waals surface area contributed by atoms with Crippen LogP contribution in [0.3, 0.4) is 0 Å². The predicted molar refractivity (Wildman–Crippen MR) is 82.2 cm³/mol. The van der Waals surface area contributed by atoms with E-state index in [4.69, 9.17) is 14.7 Å². The topological polar surface area (TPSA) is 45.5 Å². The largest absolute Gasteiger partial charge is 0.495 e. The number of rotatable bonds is 3. The van der Waals surface area contributed by atoms with Crippen molar-refractivity contribution in [2.24, 2.45) is 0 Å². The smallest absolute Gasteiger partial charge is 0.136 e. The molecule has 2 rings (SSSR count). The number of morpholine rings is 1. The average molecular weight is 288 g/mol. The van der Waals surface area contributed by atoms with Gasteiger partial charge in [0.15, 0.2) is 0 Å². The minimum atomic E-state index is -0.154. The Kier molecular flexibility index (Phi) is 4.27. The van der Waals surface area contributed by atoms with Gasteiger partial charge in [0.25, 0.3) is 0 Å². The van der Waals surface area contributed by atoms with Crippen molar-refractivity contribution in [1.82, 2.24) is 4.90 Å². The van der Waals surface area contributed by atoms with Gasteiger partial charge in [0, 0.05) is 19.6 Å². The van der Waals surface area contributed by atoms with E-state index in [9.17, 15) is 0 Å². The van der Waals surface area contributed by atoms with Crippen molar-refractivity contribution in [2.45, 2.75) is 45.4 Å². The standard InChI is InChI=1S/C17H24N2O2/c1-16(2)11-19(12-17(3,4)21-16)10-13-6-7-14(9-18)15(8-13)20-5/h6-8H,10-12H2,1-5H3. The molecule has 1 aliphatic rings. The van der Waals surface area contributed by atoms with E-state index in [-0.39, 0.29) is 11.2 Å². The molecule has 1 aromatic carbocycles. The maximum absolute atomic E-state index is 9.04. The van der Waals surface area contributed by atoms with Gasteiger partial charge in [-0.2, -0.15) is 5.26 Å². The summed E-state index contributed by atoms with van der Waals surface area (Å²) >= 11 is 0. The Morgan fingerprint density at radius 2 is 1.86 bits per heavy atom. The van der Waals surface area contributed by atoms with Crippen molar-refractivity contribution >= 4 is 0 Å².